The largest absolute Gasteiger partial charge is 0.495 e. The molecule has 0 saturated carbocycles. The smallest absolute Gasteiger partial charge is 0.284 e. The van der Waals surface area contributed by atoms with Gasteiger partial charge in [0.25, 0.3) is 5.92 Å². The van der Waals surface area contributed by atoms with Crippen molar-refractivity contribution >= 4 is 28.9 Å². The van der Waals surface area contributed by atoms with E-state index in [0.29, 0.717) is 44.7 Å². The minimum atomic E-state index is -3.13. The first-order valence-corrected chi connectivity index (χ1v) is 10.7. The highest BCUT2D eigenvalue weighted by Gasteiger charge is 2.37. The summed E-state index contributed by atoms with van der Waals surface area (Å²) in [6, 6.07) is 10.5. The third-order valence-corrected chi connectivity index (χ3v) is 5.78. The highest BCUT2D eigenvalue weighted by molar-refractivity contribution is 6.33. The van der Waals surface area contributed by atoms with Crippen molar-refractivity contribution < 1.29 is 18.3 Å². The van der Waals surface area contributed by atoms with Gasteiger partial charge in [-0.2, -0.15) is 0 Å². The number of hydrogen-bond donors (Lipinski definition) is 0. The van der Waals surface area contributed by atoms with E-state index in [2.05, 4.69) is 6.58 Å². The molecule has 3 rings (SSSR count). The summed E-state index contributed by atoms with van der Waals surface area (Å²) in [7, 11) is 1.53. The van der Waals surface area contributed by atoms with Crippen molar-refractivity contribution in [1.82, 2.24) is 0 Å². The van der Waals surface area contributed by atoms with E-state index in [0.717, 1.165) is 13.3 Å². The van der Waals surface area contributed by atoms with Crippen LogP contribution in [0.1, 0.15) is 43.9 Å². The number of methoxy groups -OCH3 is 1. The lowest BCUT2D eigenvalue weighted by Gasteiger charge is -2.31. The van der Waals surface area contributed by atoms with E-state index < -0.39 is 12.0 Å². The number of rotatable bonds is 6. The molecule has 1 heterocycles. The van der Waals surface area contributed by atoms with Gasteiger partial charge < -0.3 is 14.4 Å². The molecule has 0 aromatic heterocycles. The summed E-state index contributed by atoms with van der Waals surface area (Å²) in [5, 5.41) is 0.856. The number of anilines is 1. The van der Waals surface area contributed by atoms with Crippen molar-refractivity contribution in [1.29, 1.82) is 0 Å². The second-order valence-electron chi connectivity index (χ2n) is 7.41. The summed E-state index contributed by atoms with van der Waals surface area (Å²) >= 11 is 12.9. The third kappa shape index (κ3) is 4.89. The van der Waals surface area contributed by atoms with Crippen molar-refractivity contribution in [3.63, 3.8) is 0 Å². The lowest BCUT2D eigenvalue weighted by atomic mass is 9.98. The molecular weight excluding hydrogens is 443 g/mol. The van der Waals surface area contributed by atoms with E-state index in [4.69, 9.17) is 32.7 Å². The highest BCUT2D eigenvalue weighted by atomic mass is 35.5. The molecule has 2 aromatic carbocycles. The number of unbranched alkanes of at least 4 members (excludes halogenated alkanes) is 1. The van der Waals surface area contributed by atoms with Crippen molar-refractivity contribution in [3.05, 3.63) is 81.6 Å². The van der Waals surface area contributed by atoms with E-state index in [1.165, 1.54) is 12.0 Å². The molecule has 0 radical (unpaired) electrons. The lowest BCUT2D eigenvalue weighted by molar-refractivity contribution is 0.0608. The van der Waals surface area contributed by atoms with Gasteiger partial charge >= 0.3 is 0 Å². The quantitative estimate of drug-likeness (QED) is 0.432. The number of fused-ring (bicyclic) bond motifs is 1. The van der Waals surface area contributed by atoms with Gasteiger partial charge in [0.1, 0.15) is 11.9 Å². The average Bonchev–Trinajstić information content (AvgIpc) is 2.87. The fraction of sp³-hybridized carbons (Fsp3) is 0.333. The number of halogens is 4. The van der Waals surface area contributed by atoms with Crippen molar-refractivity contribution in [2.75, 3.05) is 18.6 Å². The Labute approximate surface area is 191 Å². The second kappa shape index (κ2) is 9.60. The van der Waals surface area contributed by atoms with Gasteiger partial charge in [-0.3, -0.25) is 0 Å². The Morgan fingerprint density at radius 3 is 2.68 bits per heavy atom. The molecule has 1 atom stereocenters. The van der Waals surface area contributed by atoms with Gasteiger partial charge in [-0.05, 0) is 30.7 Å². The van der Waals surface area contributed by atoms with Gasteiger partial charge in [-0.15, -0.1) is 0 Å². The molecule has 0 fully saturated rings. The van der Waals surface area contributed by atoms with E-state index >= 15 is 0 Å². The van der Waals surface area contributed by atoms with Crippen LogP contribution in [0, 0.1) is 0 Å². The molecule has 0 bridgehead atoms. The molecule has 1 aliphatic rings. The molecule has 0 spiro atoms. The van der Waals surface area contributed by atoms with Gasteiger partial charge in [0.2, 0.25) is 0 Å². The first-order chi connectivity index (χ1) is 14.7. The standard InChI is InChI=1S/C24H25Cl2F2NO2/c1-5-6-8-17-14-31-23(18-9-7-10-21(30-4)22(18)26)19-13-16(25)11-12-20(19)29(17)15(2)24(3,27)28/h7-13,23H,2,5-6,14H2,1,3-4H3/b17-8-/t23-/m1/s1. The van der Waals surface area contributed by atoms with Crippen LogP contribution in [0.25, 0.3) is 0 Å². The van der Waals surface area contributed by atoms with Crippen LogP contribution in [-0.2, 0) is 4.74 Å². The van der Waals surface area contributed by atoms with Gasteiger partial charge in [0.15, 0.2) is 0 Å². The predicted molar refractivity (Wildman–Crippen MR) is 122 cm³/mol. The number of hydrogen-bond acceptors (Lipinski definition) is 3. The maximum Gasteiger partial charge on any atom is 0.284 e. The van der Waals surface area contributed by atoms with Crippen molar-refractivity contribution in [3.8, 4) is 5.75 Å². The number of benzene rings is 2. The Kier molecular flexibility index (Phi) is 7.30. The van der Waals surface area contributed by atoms with Crippen LogP contribution in [0.15, 0.2) is 60.4 Å². The minimum absolute atomic E-state index is 0.0968. The molecule has 0 unspecified atom stereocenters. The predicted octanol–water partition coefficient (Wildman–Crippen LogP) is 7.78. The Bertz CT molecular complexity index is 1000. The van der Waals surface area contributed by atoms with E-state index in [9.17, 15) is 8.78 Å². The molecule has 3 nitrogen and oxygen atoms in total. The molecule has 0 saturated heterocycles. The maximum absolute atomic E-state index is 14.4. The molecule has 1 aliphatic heterocycles. The summed E-state index contributed by atoms with van der Waals surface area (Å²) in [5.41, 5.74) is 2.07. The van der Waals surface area contributed by atoms with Crippen LogP contribution in [0.4, 0.5) is 14.5 Å². The zero-order valence-electron chi connectivity index (χ0n) is 17.7. The van der Waals surface area contributed by atoms with Crippen molar-refractivity contribution in [2.45, 2.75) is 38.7 Å². The topological polar surface area (TPSA) is 21.7 Å². The summed E-state index contributed by atoms with van der Waals surface area (Å²) in [6.45, 7) is 6.67. The summed E-state index contributed by atoms with van der Waals surface area (Å²) < 4.78 is 40.4. The van der Waals surface area contributed by atoms with Crippen LogP contribution in [0.3, 0.4) is 0 Å². The van der Waals surface area contributed by atoms with Gasteiger partial charge in [0, 0.05) is 28.8 Å². The minimum Gasteiger partial charge on any atom is -0.495 e. The fourth-order valence-corrected chi connectivity index (χ4v) is 4.02. The monoisotopic (exact) mass is 467 g/mol. The molecule has 31 heavy (non-hydrogen) atoms. The maximum atomic E-state index is 14.4. The van der Waals surface area contributed by atoms with Crippen molar-refractivity contribution in [2.24, 2.45) is 0 Å². The molecule has 0 aliphatic carbocycles. The highest BCUT2D eigenvalue weighted by Crippen LogP contribution is 2.46. The number of ether oxygens (including phenoxy) is 2. The Morgan fingerprint density at radius 2 is 2.03 bits per heavy atom. The molecule has 0 amide bonds. The second-order valence-corrected chi connectivity index (χ2v) is 8.23. The van der Waals surface area contributed by atoms with Crippen LogP contribution < -0.4 is 9.64 Å². The van der Waals surface area contributed by atoms with E-state index in [-0.39, 0.29) is 12.3 Å². The van der Waals surface area contributed by atoms with Gasteiger partial charge in [-0.1, -0.05) is 61.3 Å². The Morgan fingerprint density at radius 1 is 1.29 bits per heavy atom. The summed E-state index contributed by atoms with van der Waals surface area (Å²) in [4.78, 5) is 1.48. The zero-order chi connectivity index (χ0) is 22.8. The normalized spacial score (nSPS) is 18.0. The van der Waals surface area contributed by atoms with Crippen LogP contribution in [-0.4, -0.2) is 19.6 Å². The third-order valence-electron chi connectivity index (χ3n) is 5.14. The number of allylic oxidation sites excluding steroid dienone is 2. The Hall–Kier alpha value is -2.08. The molecule has 7 heteroatoms. The molecule has 0 N–H and O–H groups in total. The summed E-state index contributed by atoms with van der Waals surface area (Å²) in [5.74, 6) is -2.63. The first-order valence-electron chi connectivity index (χ1n) is 9.98. The molecule has 166 valence electrons. The number of nitrogens with zero attached hydrogens (tertiary/aromatic N) is 1. The van der Waals surface area contributed by atoms with E-state index in [1.54, 1.807) is 24.3 Å². The van der Waals surface area contributed by atoms with Gasteiger partial charge in [0.05, 0.1) is 30.1 Å². The molecule has 2 aromatic rings. The van der Waals surface area contributed by atoms with E-state index in [1.807, 2.05) is 25.1 Å². The SMILES string of the molecule is C=C(N1/C(=C\CCC)CO[C@H](c2cccc(OC)c2Cl)c2cc(Cl)ccc21)C(C)(F)F. The lowest BCUT2D eigenvalue weighted by Crippen LogP contribution is -2.32. The Balaban J connectivity index is 2.25. The van der Waals surface area contributed by atoms with Crippen LogP contribution >= 0.6 is 23.2 Å². The molecular formula is C24H25Cl2F2NO2. The first kappa shape index (κ1) is 23.6. The zero-order valence-corrected chi connectivity index (χ0v) is 19.2. The summed E-state index contributed by atoms with van der Waals surface area (Å²) in [6.07, 6.45) is 2.85. The van der Waals surface area contributed by atoms with Gasteiger partial charge in [-0.25, -0.2) is 8.78 Å². The number of alkyl halides is 2. The fourth-order valence-electron chi connectivity index (χ4n) is 3.54. The van der Waals surface area contributed by atoms with Crippen LogP contribution in [0.2, 0.25) is 10.0 Å². The van der Waals surface area contributed by atoms with Crippen LogP contribution in [0.5, 0.6) is 5.75 Å². The average molecular weight is 468 g/mol.